The molecule has 0 aromatic heterocycles. The van der Waals surface area contributed by atoms with Crippen LogP contribution in [0.5, 0.6) is 0 Å². The van der Waals surface area contributed by atoms with E-state index >= 15 is 0 Å². The maximum Gasteiger partial charge on any atom is 0.224 e. The van der Waals surface area contributed by atoms with E-state index in [0.717, 1.165) is 17.7 Å². The van der Waals surface area contributed by atoms with Crippen molar-refractivity contribution in [2.75, 3.05) is 0 Å². The van der Waals surface area contributed by atoms with E-state index in [9.17, 15) is 4.79 Å². The lowest BCUT2D eigenvalue weighted by molar-refractivity contribution is -0.120. The van der Waals surface area contributed by atoms with Gasteiger partial charge in [0.2, 0.25) is 5.91 Å². The summed E-state index contributed by atoms with van der Waals surface area (Å²) in [4.78, 5) is 11.2. The summed E-state index contributed by atoms with van der Waals surface area (Å²) < 4.78 is 0. The zero-order chi connectivity index (χ0) is 9.14. The third kappa shape index (κ3) is 2.22. The van der Waals surface area contributed by atoms with Crippen LogP contribution in [0.1, 0.15) is 26.7 Å². The normalized spacial score (nSPS) is 24.0. The molecule has 1 N–H and O–H groups in total. The largest absolute Gasteiger partial charge is 0.330 e. The third-order valence-electron chi connectivity index (χ3n) is 2.17. The molecule has 1 aliphatic rings. The Hall–Kier alpha value is -1.05. The summed E-state index contributed by atoms with van der Waals surface area (Å²) in [6, 6.07) is 0. The first-order chi connectivity index (χ1) is 5.59. The second-order valence-electron chi connectivity index (χ2n) is 3.42. The van der Waals surface area contributed by atoms with Gasteiger partial charge in [-0.1, -0.05) is 18.2 Å². The van der Waals surface area contributed by atoms with Gasteiger partial charge in [0.15, 0.2) is 0 Å². The number of allylic oxidation sites excluding steroid dienone is 3. The van der Waals surface area contributed by atoms with Gasteiger partial charge in [0.05, 0.1) is 0 Å². The molecule has 0 aliphatic carbocycles. The predicted octanol–water partition coefficient (Wildman–Crippen LogP) is 1.99. The Bertz CT molecular complexity index is 240. The Balaban J connectivity index is 2.71. The van der Waals surface area contributed by atoms with Crippen LogP contribution in [0.25, 0.3) is 0 Å². The molecule has 1 rings (SSSR count). The van der Waals surface area contributed by atoms with E-state index in [1.807, 2.05) is 13.8 Å². The van der Waals surface area contributed by atoms with E-state index in [2.05, 4.69) is 18.0 Å². The molecule has 1 heterocycles. The second-order valence-corrected chi connectivity index (χ2v) is 3.42. The van der Waals surface area contributed by atoms with Gasteiger partial charge in [-0.15, -0.1) is 0 Å². The fourth-order valence-corrected chi connectivity index (χ4v) is 1.32. The Morgan fingerprint density at radius 2 is 2.42 bits per heavy atom. The molecule has 66 valence electrons. The van der Waals surface area contributed by atoms with E-state index < -0.39 is 0 Å². The number of carbonyl (C=O) groups excluding carboxylic acids is 1. The molecule has 2 heteroatoms. The molecule has 12 heavy (non-hydrogen) atoms. The minimum Gasteiger partial charge on any atom is -0.330 e. The van der Waals surface area contributed by atoms with Crippen LogP contribution in [-0.2, 0) is 4.79 Å². The summed E-state index contributed by atoms with van der Waals surface area (Å²) in [5.74, 6) is 0.428. The first-order valence-corrected chi connectivity index (χ1v) is 4.21. The van der Waals surface area contributed by atoms with Crippen LogP contribution in [0, 0.1) is 5.92 Å². The summed E-state index contributed by atoms with van der Waals surface area (Å²) in [6.07, 6.45) is 3.56. The van der Waals surface area contributed by atoms with Crippen molar-refractivity contribution in [1.82, 2.24) is 5.32 Å². The van der Waals surface area contributed by atoms with Gasteiger partial charge < -0.3 is 5.32 Å². The molecule has 0 fully saturated rings. The van der Waals surface area contributed by atoms with Gasteiger partial charge in [0, 0.05) is 12.1 Å². The molecule has 0 aromatic carbocycles. The first-order valence-electron chi connectivity index (χ1n) is 4.21. The standard InChI is InChI=1S/C10H15NO/c1-7(2)9-5-4-8(3)11-10(12)6-9/h4,9H,1,5-6H2,2-3H3,(H,11,12)/t9-/m0/s1. The van der Waals surface area contributed by atoms with Gasteiger partial charge in [-0.2, -0.15) is 0 Å². The molecule has 0 saturated heterocycles. The highest BCUT2D eigenvalue weighted by Gasteiger charge is 2.16. The van der Waals surface area contributed by atoms with E-state index in [0.29, 0.717) is 12.3 Å². The fourth-order valence-electron chi connectivity index (χ4n) is 1.32. The van der Waals surface area contributed by atoms with Crippen molar-refractivity contribution in [2.45, 2.75) is 26.7 Å². The monoisotopic (exact) mass is 165 g/mol. The second kappa shape index (κ2) is 3.57. The molecular weight excluding hydrogens is 150 g/mol. The van der Waals surface area contributed by atoms with Gasteiger partial charge in [-0.05, 0) is 26.2 Å². The Morgan fingerprint density at radius 3 is 3.00 bits per heavy atom. The lowest BCUT2D eigenvalue weighted by Crippen LogP contribution is -2.21. The first kappa shape index (κ1) is 9.04. The minimum atomic E-state index is 0.106. The maximum absolute atomic E-state index is 11.2. The lowest BCUT2D eigenvalue weighted by Gasteiger charge is -2.10. The minimum absolute atomic E-state index is 0.106. The number of amides is 1. The summed E-state index contributed by atoms with van der Waals surface area (Å²) >= 11 is 0. The fraction of sp³-hybridized carbons (Fsp3) is 0.500. The van der Waals surface area contributed by atoms with E-state index in [-0.39, 0.29) is 5.91 Å². The van der Waals surface area contributed by atoms with E-state index in [1.54, 1.807) is 0 Å². The molecule has 1 atom stereocenters. The Kier molecular flexibility index (Phi) is 2.69. The van der Waals surface area contributed by atoms with Crippen molar-refractivity contribution < 1.29 is 4.79 Å². The van der Waals surface area contributed by atoms with Crippen molar-refractivity contribution in [3.05, 3.63) is 23.9 Å². The van der Waals surface area contributed by atoms with Gasteiger partial charge in [-0.3, -0.25) is 4.79 Å². The van der Waals surface area contributed by atoms with Crippen molar-refractivity contribution in [1.29, 1.82) is 0 Å². The van der Waals surface area contributed by atoms with Crippen LogP contribution in [0.15, 0.2) is 23.9 Å². The molecule has 2 nitrogen and oxygen atoms in total. The molecule has 0 saturated carbocycles. The highest BCUT2D eigenvalue weighted by molar-refractivity contribution is 5.78. The van der Waals surface area contributed by atoms with Crippen molar-refractivity contribution >= 4 is 5.91 Å². The van der Waals surface area contributed by atoms with E-state index in [1.165, 1.54) is 0 Å². The van der Waals surface area contributed by atoms with Crippen LogP contribution in [-0.4, -0.2) is 5.91 Å². The summed E-state index contributed by atoms with van der Waals surface area (Å²) in [5.41, 5.74) is 2.06. The molecular formula is C10H15NO. The topological polar surface area (TPSA) is 29.1 Å². The van der Waals surface area contributed by atoms with E-state index in [4.69, 9.17) is 0 Å². The highest BCUT2D eigenvalue weighted by Crippen LogP contribution is 2.20. The van der Waals surface area contributed by atoms with Crippen molar-refractivity contribution in [2.24, 2.45) is 5.92 Å². The Morgan fingerprint density at radius 1 is 1.75 bits per heavy atom. The number of hydrogen-bond acceptors (Lipinski definition) is 1. The maximum atomic E-state index is 11.2. The highest BCUT2D eigenvalue weighted by atomic mass is 16.1. The lowest BCUT2D eigenvalue weighted by atomic mass is 9.95. The zero-order valence-corrected chi connectivity index (χ0v) is 7.68. The molecule has 1 amide bonds. The molecule has 1 aliphatic heterocycles. The average molecular weight is 165 g/mol. The Labute approximate surface area is 73.4 Å². The zero-order valence-electron chi connectivity index (χ0n) is 7.68. The third-order valence-corrected chi connectivity index (χ3v) is 2.17. The van der Waals surface area contributed by atoms with Crippen molar-refractivity contribution in [3.8, 4) is 0 Å². The van der Waals surface area contributed by atoms with Crippen LogP contribution >= 0.6 is 0 Å². The van der Waals surface area contributed by atoms with Crippen LogP contribution in [0.2, 0.25) is 0 Å². The molecule has 0 radical (unpaired) electrons. The van der Waals surface area contributed by atoms with Gasteiger partial charge in [0.1, 0.15) is 0 Å². The number of rotatable bonds is 1. The average Bonchev–Trinajstić information content (AvgIpc) is 2.11. The van der Waals surface area contributed by atoms with Crippen LogP contribution < -0.4 is 5.32 Å². The molecule has 0 bridgehead atoms. The van der Waals surface area contributed by atoms with Crippen molar-refractivity contribution in [3.63, 3.8) is 0 Å². The van der Waals surface area contributed by atoms with Crippen LogP contribution in [0.4, 0.5) is 0 Å². The van der Waals surface area contributed by atoms with Crippen LogP contribution in [0.3, 0.4) is 0 Å². The molecule has 0 aromatic rings. The SMILES string of the molecule is C=C(C)[C@H]1CC=C(C)NC(=O)C1. The summed E-state index contributed by atoms with van der Waals surface area (Å²) in [5, 5.41) is 2.81. The summed E-state index contributed by atoms with van der Waals surface area (Å²) in [6.45, 7) is 7.76. The van der Waals surface area contributed by atoms with Gasteiger partial charge in [-0.25, -0.2) is 0 Å². The quantitative estimate of drug-likeness (QED) is 0.591. The summed E-state index contributed by atoms with van der Waals surface area (Å²) in [7, 11) is 0. The van der Waals surface area contributed by atoms with Gasteiger partial charge >= 0.3 is 0 Å². The number of nitrogens with one attached hydrogen (secondary N) is 1. The predicted molar refractivity (Wildman–Crippen MR) is 49.4 cm³/mol. The molecule has 0 spiro atoms. The number of carbonyl (C=O) groups is 1. The van der Waals surface area contributed by atoms with Gasteiger partial charge in [0.25, 0.3) is 0 Å². The molecule has 0 unspecified atom stereocenters. The number of hydrogen-bond donors (Lipinski definition) is 1. The smallest absolute Gasteiger partial charge is 0.224 e.